The average molecular weight is 262 g/mol. The van der Waals surface area contributed by atoms with Gasteiger partial charge in [0.2, 0.25) is 0 Å². The van der Waals surface area contributed by atoms with Crippen molar-refractivity contribution in [3.63, 3.8) is 0 Å². The van der Waals surface area contributed by atoms with E-state index >= 15 is 0 Å². The van der Waals surface area contributed by atoms with Crippen LogP contribution < -0.4 is 4.90 Å². The highest BCUT2D eigenvalue weighted by molar-refractivity contribution is 5.75. The molecule has 1 aromatic carbocycles. The van der Waals surface area contributed by atoms with Crippen molar-refractivity contribution < 1.29 is 14.8 Å². The molecule has 1 fully saturated rings. The first-order valence-electron chi connectivity index (χ1n) is 6.34. The maximum Gasteiger partial charge on any atom is 0.308 e. The largest absolute Gasteiger partial charge is 0.481 e. The van der Waals surface area contributed by atoms with E-state index in [0.29, 0.717) is 6.42 Å². The Labute approximate surface area is 109 Å². The van der Waals surface area contributed by atoms with Gasteiger partial charge in [0.05, 0.1) is 10.8 Å². The standard InChI is InChI=1S/C13H14N2O4/c16-13(17)10-7-8-6-9(15(18)19)3-4-11(8)14-5-1-2-12(10)14/h3-4,6,10,12H,1-2,5,7H2,(H,16,17)/t10-,12+/m0/s1. The van der Waals surface area contributed by atoms with E-state index in [4.69, 9.17) is 0 Å². The van der Waals surface area contributed by atoms with E-state index in [2.05, 4.69) is 4.90 Å². The summed E-state index contributed by atoms with van der Waals surface area (Å²) >= 11 is 0. The number of aliphatic carboxylic acids is 1. The summed E-state index contributed by atoms with van der Waals surface area (Å²) in [7, 11) is 0. The molecule has 2 aliphatic heterocycles. The predicted molar refractivity (Wildman–Crippen MR) is 68.3 cm³/mol. The van der Waals surface area contributed by atoms with Crippen LogP contribution in [0.2, 0.25) is 0 Å². The summed E-state index contributed by atoms with van der Waals surface area (Å²) in [6, 6.07) is 4.80. The Morgan fingerprint density at radius 1 is 1.47 bits per heavy atom. The molecule has 1 aromatic rings. The van der Waals surface area contributed by atoms with Crippen LogP contribution in [0.3, 0.4) is 0 Å². The second kappa shape index (κ2) is 4.22. The molecule has 0 spiro atoms. The average Bonchev–Trinajstić information content (AvgIpc) is 2.85. The van der Waals surface area contributed by atoms with Crippen LogP contribution in [0.1, 0.15) is 18.4 Å². The number of nitro groups is 1. The number of carboxylic acid groups (broad SMARTS) is 1. The molecule has 2 aliphatic rings. The first-order valence-corrected chi connectivity index (χ1v) is 6.34. The van der Waals surface area contributed by atoms with Crippen LogP contribution >= 0.6 is 0 Å². The smallest absolute Gasteiger partial charge is 0.308 e. The van der Waals surface area contributed by atoms with Gasteiger partial charge in [-0.15, -0.1) is 0 Å². The first-order chi connectivity index (χ1) is 9.08. The van der Waals surface area contributed by atoms with Gasteiger partial charge in [0.1, 0.15) is 0 Å². The number of hydrogen-bond acceptors (Lipinski definition) is 4. The Hall–Kier alpha value is -2.11. The first kappa shape index (κ1) is 12.0. The fourth-order valence-corrected chi connectivity index (χ4v) is 3.26. The fourth-order valence-electron chi connectivity index (χ4n) is 3.26. The quantitative estimate of drug-likeness (QED) is 0.649. The van der Waals surface area contributed by atoms with E-state index < -0.39 is 16.8 Å². The lowest BCUT2D eigenvalue weighted by Crippen LogP contribution is -2.44. The van der Waals surface area contributed by atoms with Gasteiger partial charge in [-0.2, -0.15) is 0 Å². The number of nitrogens with zero attached hydrogens (tertiary/aromatic N) is 2. The number of carbonyl (C=O) groups is 1. The summed E-state index contributed by atoms with van der Waals surface area (Å²) < 4.78 is 0. The van der Waals surface area contributed by atoms with Crippen molar-refractivity contribution in [1.29, 1.82) is 0 Å². The van der Waals surface area contributed by atoms with Gasteiger partial charge in [0.15, 0.2) is 0 Å². The molecule has 0 saturated carbocycles. The lowest BCUT2D eigenvalue weighted by molar-refractivity contribution is -0.384. The molecule has 6 nitrogen and oxygen atoms in total. The third-order valence-corrected chi connectivity index (χ3v) is 4.10. The van der Waals surface area contributed by atoms with Gasteiger partial charge in [-0.1, -0.05) is 0 Å². The van der Waals surface area contributed by atoms with Gasteiger partial charge in [-0.3, -0.25) is 14.9 Å². The van der Waals surface area contributed by atoms with Crippen LogP contribution in [0.25, 0.3) is 0 Å². The van der Waals surface area contributed by atoms with Crippen molar-refractivity contribution in [2.75, 3.05) is 11.4 Å². The third kappa shape index (κ3) is 1.83. The van der Waals surface area contributed by atoms with Crippen molar-refractivity contribution in [2.45, 2.75) is 25.3 Å². The highest BCUT2D eigenvalue weighted by atomic mass is 16.6. The maximum atomic E-state index is 11.4. The van der Waals surface area contributed by atoms with E-state index in [1.807, 2.05) is 0 Å². The number of non-ortho nitro benzene ring substituents is 1. The predicted octanol–water partition coefficient (Wildman–Crippen LogP) is 1.82. The number of fused-ring (bicyclic) bond motifs is 3. The van der Waals surface area contributed by atoms with Gasteiger partial charge in [0.25, 0.3) is 5.69 Å². The van der Waals surface area contributed by atoms with Crippen molar-refractivity contribution in [3.8, 4) is 0 Å². The third-order valence-electron chi connectivity index (χ3n) is 4.10. The molecule has 0 amide bonds. The van der Waals surface area contributed by atoms with Crippen molar-refractivity contribution in [3.05, 3.63) is 33.9 Å². The Morgan fingerprint density at radius 2 is 2.26 bits per heavy atom. The normalized spacial score (nSPS) is 24.7. The molecule has 0 radical (unpaired) electrons. The molecule has 0 aromatic heterocycles. The molecule has 0 unspecified atom stereocenters. The van der Waals surface area contributed by atoms with Crippen LogP contribution in [0.4, 0.5) is 11.4 Å². The number of rotatable bonds is 2. The topological polar surface area (TPSA) is 83.7 Å². The monoisotopic (exact) mass is 262 g/mol. The number of hydrogen-bond donors (Lipinski definition) is 1. The molecule has 0 bridgehead atoms. The van der Waals surface area contributed by atoms with Crippen LogP contribution in [0.5, 0.6) is 0 Å². The molecule has 3 rings (SSSR count). The van der Waals surface area contributed by atoms with E-state index in [1.54, 1.807) is 6.07 Å². The Balaban J connectivity index is 2.05. The molecule has 2 heterocycles. The van der Waals surface area contributed by atoms with Gasteiger partial charge in [0, 0.05) is 30.4 Å². The number of anilines is 1. The molecule has 2 atom stereocenters. The lowest BCUT2D eigenvalue weighted by atomic mass is 9.85. The number of nitro benzene ring substituents is 1. The number of carboxylic acids is 1. The minimum Gasteiger partial charge on any atom is -0.481 e. The second-order valence-electron chi connectivity index (χ2n) is 5.12. The van der Waals surface area contributed by atoms with Crippen LogP contribution in [-0.2, 0) is 11.2 Å². The van der Waals surface area contributed by atoms with Crippen LogP contribution in [0.15, 0.2) is 18.2 Å². The second-order valence-corrected chi connectivity index (χ2v) is 5.12. The molecular formula is C13H14N2O4. The Bertz CT molecular complexity index is 558. The summed E-state index contributed by atoms with van der Waals surface area (Å²) in [6.45, 7) is 0.833. The molecule has 0 aliphatic carbocycles. The molecule has 1 saturated heterocycles. The highest BCUT2D eigenvalue weighted by Gasteiger charge is 2.41. The fraction of sp³-hybridized carbons (Fsp3) is 0.462. The molecular weight excluding hydrogens is 248 g/mol. The minimum absolute atomic E-state index is 0.0283. The zero-order chi connectivity index (χ0) is 13.6. The van der Waals surface area contributed by atoms with E-state index in [1.165, 1.54) is 12.1 Å². The van der Waals surface area contributed by atoms with Gasteiger partial charge >= 0.3 is 5.97 Å². The van der Waals surface area contributed by atoms with E-state index in [-0.39, 0.29) is 11.7 Å². The number of benzene rings is 1. The van der Waals surface area contributed by atoms with Crippen LogP contribution in [0, 0.1) is 16.0 Å². The van der Waals surface area contributed by atoms with Crippen molar-refractivity contribution in [1.82, 2.24) is 0 Å². The lowest BCUT2D eigenvalue weighted by Gasteiger charge is -2.37. The maximum absolute atomic E-state index is 11.4. The Morgan fingerprint density at radius 3 is 2.95 bits per heavy atom. The van der Waals surface area contributed by atoms with E-state index in [9.17, 15) is 20.0 Å². The van der Waals surface area contributed by atoms with Gasteiger partial charge < -0.3 is 10.0 Å². The molecule has 19 heavy (non-hydrogen) atoms. The highest BCUT2D eigenvalue weighted by Crippen LogP contribution is 2.40. The van der Waals surface area contributed by atoms with E-state index in [0.717, 1.165) is 30.6 Å². The summed E-state index contributed by atoms with van der Waals surface area (Å²) in [5.41, 5.74) is 1.77. The summed E-state index contributed by atoms with van der Waals surface area (Å²) in [4.78, 5) is 23.8. The molecule has 100 valence electrons. The van der Waals surface area contributed by atoms with Crippen molar-refractivity contribution >= 4 is 17.3 Å². The summed E-state index contributed by atoms with van der Waals surface area (Å²) in [5, 5.41) is 20.1. The van der Waals surface area contributed by atoms with Gasteiger partial charge in [-0.05, 0) is 30.9 Å². The zero-order valence-corrected chi connectivity index (χ0v) is 10.3. The van der Waals surface area contributed by atoms with Gasteiger partial charge in [-0.25, -0.2) is 0 Å². The van der Waals surface area contributed by atoms with Crippen molar-refractivity contribution in [2.24, 2.45) is 5.92 Å². The summed E-state index contributed by atoms with van der Waals surface area (Å²) in [6.07, 6.45) is 2.24. The summed E-state index contributed by atoms with van der Waals surface area (Å²) in [5.74, 6) is -1.27. The van der Waals surface area contributed by atoms with Crippen LogP contribution in [-0.4, -0.2) is 28.6 Å². The Kier molecular flexibility index (Phi) is 2.66. The molecule has 6 heteroatoms. The zero-order valence-electron chi connectivity index (χ0n) is 10.3. The molecule has 1 N–H and O–H groups in total. The SMILES string of the molecule is O=C(O)[C@H]1Cc2cc([N+](=O)[O-])ccc2N2CCC[C@H]12. The minimum atomic E-state index is -0.811.